The van der Waals surface area contributed by atoms with Gasteiger partial charge in [0.25, 0.3) is 0 Å². The molecule has 0 saturated carbocycles. The SMILES string of the molecule is CC1(C)CSc2ccc(C(F)(F)F)cc2NC1=O. The number of hydrogen-bond donors (Lipinski definition) is 1. The molecular weight excluding hydrogens is 263 g/mol. The number of benzene rings is 1. The van der Waals surface area contributed by atoms with Crippen molar-refractivity contribution in [2.45, 2.75) is 24.9 Å². The Morgan fingerprint density at radius 3 is 2.61 bits per heavy atom. The minimum Gasteiger partial charge on any atom is -0.325 e. The van der Waals surface area contributed by atoms with Crippen molar-refractivity contribution in [3.8, 4) is 0 Å². The second-order valence-electron chi connectivity index (χ2n) is 4.84. The summed E-state index contributed by atoms with van der Waals surface area (Å²) < 4.78 is 37.8. The summed E-state index contributed by atoms with van der Waals surface area (Å²) in [7, 11) is 0. The van der Waals surface area contributed by atoms with Gasteiger partial charge in [0, 0.05) is 10.6 Å². The van der Waals surface area contributed by atoms with Crippen molar-refractivity contribution in [3.63, 3.8) is 0 Å². The lowest BCUT2D eigenvalue weighted by Crippen LogP contribution is -2.31. The lowest BCUT2D eigenvalue weighted by molar-refractivity contribution is -0.137. The number of hydrogen-bond acceptors (Lipinski definition) is 2. The van der Waals surface area contributed by atoms with E-state index in [-0.39, 0.29) is 11.6 Å². The third kappa shape index (κ3) is 2.48. The standard InChI is InChI=1S/C12H12F3NOS/c1-11(2)6-18-9-4-3-7(12(13,14)15)5-8(9)16-10(11)17/h3-5H,6H2,1-2H3,(H,16,17). The molecule has 1 heterocycles. The van der Waals surface area contributed by atoms with Crippen molar-refractivity contribution >= 4 is 23.4 Å². The van der Waals surface area contributed by atoms with E-state index < -0.39 is 17.2 Å². The van der Waals surface area contributed by atoms with Gasteiger partial charge in [0.15, 0.2) is 0 Å². The number of rotatable bonds is 0. The first kappa shape index (κ1) is 13.3. The van der Waals surface area contributed by atoms with Crippen molar-refractivity contribution in [3.05, 3.63) is 23.8 Å². The number of carbonyl (C=O) groups is 1. The monoisotopic (exact) mass is 275 g/mol. The highest BCUT2D eigenvalue weighted by Gasteiger charge is 2.34. The Balaban J connectivity index is 2.41. The number of alkyl halides is 3. The molecular formula is C12H12F3NOS. The predicted molar refractivity (Wildman–Crippen MR) is 64.6 cm³/mol. The topological polar surface area (TPSA) is 29.1 Å². The van der Waals surface area contributed by atoms with E-state index in [0.29, 0.717) is 10.6 Å². The number of nitrogens with one attached hydrogen (secondary N) is 1. The first-order chi connectivity index (χ1) is 8.20. The average Bonchev–Trinajstić information content (AvgIpc) is 2.35. The first-order valence-corrected chi connectivity index (χ1v) is 6.34. The minimum absolute atomic E-state index is 0.241. The summed E-state index contributed by atoms with van der Waals surface area (Å²) in [6.45, 7) is 3.54. The number of thioether (sulfide) groups is 1. The van der Waals surface area contributed by atoms with Crippen LogP contribution in [0, 0.1) is 5.41 Å². The van der Waals surface area contributed by atoms with E-state index in [1.807, 2.05) is 0 Å². The van der Waals surface area contributed by atoms with Crippen molar-refractivity contribution in [1.82, 2.24) is 0 Å². The van der Waals surface area contributed by atoms with E-state index >= 15 is 0 Å². The van der Waals surface area contributed by atoms with E-state index in [0.717, 1.165) is 12.1 Å². The van der Waals surface area contributed by atoms with Crippen LogP contribution in [0.2, 0.25) is 0 Å². The highest BCUT2D eigenvalue weighted by Crippen LogP contribution is 2.40. The molecule has 2 rings (SSSR count). The summed E-state index contributed by atoms with van der Waals surface area (Å²) in [5.41, 5.74) is -1.10. The maximum Gasteiger partial charge on any atom is 0.416 e. The van der Waals surface area contributed by atoms with E-state index in [4.69, 9.17) is 0 Å². The van der Waals surface area contributed by atoms with Crippen LogP contribution in [-0.4, -0.2) is 11.7 Å². The van der Waals surface area contributed by atoms with E-state index in [2.05, 4.69) is 5.32 Å². The highest BCUT2D eigenvalue weighted by atomic mass is 32.2. The van der Waals surface area contributed by atoms with Gasteiger partial charge in [-0.05, 0) is 18.2 Å². The fraction of sp³-hybridized carbons (Fsp3) is 0.417. The second-order valence-corrected chi connectivity index (χ2v) is 5.85. The van der Waals surface area contributed by atoms with Gasteiger partial charge in [-0.3, -0.25) is 4.79 Å². The lowest BCUT2D eigenvalue weighted by Gasteiger charge is -2.19. The van der Waals surface area contributed by atoms with Crippen molar-refractivity contribution in [1.29, 1.82) is 0 Å². The third-order valence-electron chi connectivity index (χ3n) is 2.76. The second kappa shape index (κ2) is 4.19. The zero-order chi connectivity index (χ0) is 13.6. The number of anilines is 1. The Morgan fingerprint density at radius 1 is 1.33 bits per heavy atom. The Morgan fingerprint density at radius 2 is 2.00 bits per heavy atom. The molecule has 2 nitrogen and oxygen atoms in total. The number of halogens is 3. The molecule has 98 valence electrons. The van der Waals surface area contributed by atoms with E-state index in [9.17, 15) is 18.0 Å². The summed E-state index contributed by atoms with van der Waals surface area (Å²) >= 11 is 1.39. The zero-order valence-electron chi connectivity index (χ0n) is 9.89. The maximum atomic E-state index is 12.6. The summed E-state index contributed by atoms with van der Waals surface area (Å²) in [4.78, 5) is 12.5. The highest BCUT2D eigenvalue weighted by molar-refractivity contribution is 7.99. The van der Waals surface area contributed by atoms with Gasteiger partial charge >= 0.3 is 6.18 Å². The molecule has 0 fully saturated rings. The summed E-state index contributed by atoms with van der Waals surface area (Å²) in [5.74, 6) is 0.282. The molecule has 0 saturated heterocycles. The van der Waals surface area contributed by atoms with E-state index in [1.165, 1.54) is 17.8 Å². The van der Waals surface area contributed by atoms with Crippen LogP contribution < -0.4 is 5.32 Å². The van der Waals surface area contributed by atoms with Crippen LogP contribution in [0.3, 0.4) is 0 Å². The largest absolute Gasteiger partial charge is 0.416 e. The van der Waals surface area contributed by atoms with Gasteiger partial charge in [-0.1, -0.05) is 13.8 Å². The molecule has 1 aliphatic rings. The molecule has 1 aliphatic heterocycles. The fourth-order valence-electron chi connectivity index (χ4n) is 1.55. The molecule has 0 aromatic heterocycles. The van der Waals surface area contributed by atoms with E-state index in [1.54, 1.807) is 13.8 Å². The minimum atomic E-state index is -4.40. The molecule has 1 N–H and O–H groups in total. The summed E-state index contributed by atoms with van der Waals surface area (Å²) in [5, 5.41) is 2.57. The molecule has 18 heavy (non-hydrogen) atoms. The van der Waals surface area contributed by atoms with Gasteiger partial charge in [0.1, 0.15) is 0 Å². The van der Waals surface area contributed by atoms with Gasteiger partial charge in [-0.2, -0.15) is 13.2 Å². The van der Waals surface area contributed by atoms with Crippen LogP contribution in [0.25, 0.3) is 0 Å². The number of amides is 1. The molecule has 0 unspecified atom stereocenters. The summed E-state index contributed by atoms with van der Waals surface area (Å²) in [6.07, 6.45) is -4.40. The molecule has 0 bridgehead atoms. The molecule has 1 aromatic carbocycles. The molecule has 0 aliphatic carbocycles. The van der Waals surface area contributed by atoms with Crippen LogP contribution in [0.1, 0.15) is 19.4 Å². The zero-order valence-corrected chi connectivity index (χ0v) is 10.7. The van der Waals surface area contributed by atoms with Crippen LogP contribution in [0.15, 0.2) is 23.1 Å². The van der Waals surface area contributed by atoms with Gasteiger partial charge in [-0.25, -0.2) is 0 Å². The smallest absolute Gasteiger partial charge is 0.325 e. The molecule has 6 heteroatoms. The van der Waals surface area contributed by atoms with Crippen LogP contribution in [0.5, 0.6) is 0 Å². The van der Waals surface area contributed by atoms with Crippen LogP contribution >= 0.6 is 11.8 Å². The quantitative estimate of drug-likeness (QED) is 0.780. The molecule has 1 aromatic rings. The van der Waals surface area contributed by atoms with Gasteiger partial charge in [0.05, 0.1) is 16.7 Å². The van der Waals surface area contributed by atoms with Crippen LogP contribution in [0.4, 0.5) is 18.9 Å². The maximum absolute atomic E-state index is 12.6. The summed E-state index contributed by atoms with van der Waals surface area (Å²) in [6, 6.07) is 3.43. The lowest BCUT2D eigenvalue weighted by atomic mass is 9.95. The Kier molecular flexibility index (Phi) is 3.09. The van der Waals surface area contributed by atoms with Gasteiger partial charge in [-0.15, -0.1) is 11.8 Å². The van der Waals surface area contributed by atoms with Crippen molar-refractivity contribution < 1.29 is 18.0 Å². The number of fused-ring (bicyclic) bond motifs is 1. The molecule has 1 amide bonds. The number of carbonyl (C=O) groups excluding carboxylic acids is 1. The Hall–Kier alpha value is -1.17. The fourth-order valence-corrected chi connectivity index (χ4v) is 2.62. The van der Waals surface area contributed by atoms with Crippen molar-refractivity contribution in [2.75, 3.05) is 11.1 Å². The molecule has 0 atom stereocenters. The average molecular weight is 275 g/mol. The predicted octanol–water partition coefficient (Wildman–Crippen LogP) is 3.78. The Bertz CT molecular complexity index is 497. The normalized spacial score (nSPS) is 18.8. The first-order valence-electron chi connectivity index (χ1n) is 5.36. The third-order valence-corrected chi connectivity index (χ3v) is 4.29. The van der Waals surface area contributed by atoms with Crippen LogP contribution in [-0.2, 0) is 11.0 Å². The van der Waals surface area contributed by atoms with Gasteiger partial charge < -0.3 is 5.32 Å². The Labute approximate surface area is 107 Å². The van der Waals surface area contributed by atoms with Crippen molar-refractivity contribution in [2.24, 2.45) is 5.41 Å². The molecule has 0 radical (unpaired) electrons. The van der Waals surface area contributed by atoms with Gasteiger partial charge in [0.2, 0.25) is 5.91 Å². The molecule has 0 spiro atoms.